The summed E-state index contributed by atoms with van der Waals surface area (Å²) in [5.74, 6) is 0.756. The van der Waals surface area contributed by atoms with Gasteiger partial charge in [-0.05, 0) is 32.7 Å². The van der Waals surface area contributed by atoms with Crippen LogP contribution in [0.5, 0.6) is 0 Å². The predicted octanol–water partition coefficient (Wildman–Crippen LogP) is 1.09. The highest BCUT2D eigenvalue weighted by molar-refractivity contribution is 4.88. The van der Waals surface area contributed by atoms with Gasteiger partial charge >= 0.3 is 0 Å². The van der Waals surface area contributed by atoms with Gasteiger partial charge in [0, 0.05) is 31.3 Å². The molecule has 2 rings (SSSR count). The number of hydrogen-bond donors (Lipinski definition) is 1. The molecule has 4 atom stereocenters. The highest BCUT2D eigenvalue weighted by atomic mass is 16.5. The summed E-state index contributed by atoms with van der Waals surface area (Å²) in [4.78, 5) is 2.47. The summed E-state index contributed by atoms with van der Waals surface area (Å²) in [6.45, 7) is 7.75. The van der Waals surface area contributed by atoms with Crippen LogP contribution in [0, 0.1) is 5.92 Å². The zero-order chi connectivity index (χ0) is 10.8. The molecule has 3 heteroatoms. The molecule has 88 valence electrons. The Morgan fingerprint density at radius 1 is 1.33 bits per heavy atom. The molecule has 0 aliphatic carbocycles. The van der Waals surface area contributed by atoms with E-state index in [2.05, 4.69) is 31.1 Å². The van der Waals surface area contributed by atoms with Gasteiger partial charge in [-0.25, -0.2) is 0 Å². The van der Waals surface area contributed by atoms with Crippen LogP contribution in [-0.4, -0.2) is 49.8 Å². The van der Waals surface area contributed by atoms with Crippen LogP contribution >= 0.6 is 0 Å². The lowest BCUT2D eigenvalue weighted by atomic mass is 9.89. The number of nitrogens with zero attached hydrogens (tertiary/aromatic N) is 1. The van der Waals surface area contributed by atoms with Crippen molar-refractivity contribution in [2.75, 3.05) is 26.8 Å². The molecule has 15 heavy (non-hydrogen) atoms. The second-order valence-electron chi connectivity index (χ2n) is 5.34. The molecule has 4 unspecified atom stereocenters. The maximum atomic E-state index is 5.41. The predicted molar refractivity (Wildman–Crippen MR) is 62.0 cm³/mol. The Hall–Kier alpha value is -0.120. The quantitative estimate of drug-likeness (QED) is 0.741. The monoisotopic (exact) mass is 212 g/mol. The molecule has 1 N–H and O–H groups in total. The molecular formula is C12H24N2O. The topological polar surface area (TPSA) is 24.5 Å². The molecule has 0 aromatic carbocycles. The van der Waals surface area contributed by atoms with Crippen molar-refractivity contribution in [2.24, 2.45) is 5.92 Å². The first-order valence-electron chi connectivity index (χ1n) is 6.21. The Labute approximate surface area is 93.2 Å². The van der Waals surface area contributed by atoms with E-state index in [0.717, 1.165) is 19.1 Å². The minimum atomic E-state index is 0.605. The van der Waals surface area contributed by atoms with Gasteiger partial charge in [0.15, 0.2) is 0 Å². The molecule has 2 fully saturated rings. The molecular weight excluding hydrogens is 188 g/mol. The summed E-state index contributed by atoms with van der Waals surface area (Å²) in [6.07, 6.45) is 2.46. The van der Waals surface area contributed by atoms with Gasteiger partial charge in [0.05, 0.1) is 6.61 Å². The number of rotatable bonds is 2. The molecule has 2 saturated heterocycles. The van der Waals surface area contributed by atoms with E-state index in [9.17, 15) is 0 Å². The third-order valence-electron chi connectivity index (χ3n) is 3.99. The molecule has 0 aromatic rings. The molecule has 0 saturated carbocycles. The van der Waals surface area contributed by atoms with E-state index in [1.165, 1.54) is 19.4 Å². The summed E-state index contributed by atoms with van der Waals surface area (Å²) in [5.41, 5.74) is 0. The average Bonchev–Trinajstić information content (AvgIpc) is 2.67. The van der Waals surface area contributed by atoms with Gasteiger partial charge < -0.3 is 15.0 Å². The smallest absolute Gasteiger partial charge is 0.0620 e. The molecule has 0 amide bonds. The van der Waals surface area contributed by atoms with Gasteiger partial charge in [0.2, 0.25) is 0 Å². The van der Waals surface area contributed by atoms with Crippen molar-refractivity contribution in [1.29, 1.82) is 0 Å². The first-order valence-corrected chi connectivity index (χ1v) is 6.21. The lowest BCUT2D eigenvalue weighted by molar-refractivity contribution is 0.112. The fourth-order valence-corrected chi connectivity index (χ4v) is 2.74. The molecule has 2 aliphatic heterocycles. The van der Waals surface area contributed by atoms with Gasteiger partial charge in [-0.1, -0.05) is 6.92 Å². The molecule has 3 nitrogen and oxygen atoms in total. The van der Waals surface area contributed by atoms with E-state index in [1.54, 1.807) is 0 Å². The van der Waals surface area contributed by atoms with E-state index in [4.69, 9.17) is 4.74 Å². The number of ether oxygens (including phenoxy) is 1. The first-order chi connectivity index (χ1) is 7.16. The lowest BCUT2D eigenvalue weighted by Gasteiger charge is -2.41. The minimum Gasteiger partial charge on any atom is -0.380 e. The second kappa shape index (κ2) is 4.81. The van der Waals surface area contributed by atoms with Crippen molar-refractivity contribution in [3.63, 3.8) is 0 Å². The lowest BCUT2D eigenvalue weighted by Crippen LogP contribution is -2.53. The second-order valence-corrected chi connectivity index (χ2v) is 5.34. The Kier molecular flexibility index (Phi) is 3.65. The fourth-order valence-electron chi connectivity index (χ4n) is 2.74. The molecule has 0 bridgehead atoms. The van der Waals surface area contributed by atoms with Gasteiger partial charge in [-0.3, -0.25) is 0 Å². The standard InChI is InChI=1S/C12H24N2O/c1-9-7-14(3)10(2)6-12(9)13-11-4-5-15-8-11/h9-13H,4-8H2,1-3H3. The van der Waals surface area contributed by atoms with Crippen LogP contribution in [0.15, 0.2) is 0 Å². The Bertz CT molecular complexity index is 204. The molecule has 0 spiro atoms. The molecule has 0 aromatic heterocycles. The maximum absolute atomic E-state index is 5.41. The van der Waals surface area contributed by atoms with Crippen molar-refractivity contribution in [1.82, 2.24) is 10.2 Å². The fraction of sp³-hybridized carbons (Fsp3) is 1.00. The summed E-state index contributed by atoms with van der Waals surface area (Å²) >= 11 is 0. The van der Waals surface area contributed by atoms with Crippen molar-refractivity contribution in [3.05, 3.63) is 0 Å². The highest BCUT2D eigenvalue weighted by Gasteiger charge is 2.30. The van der Waals surface area contributed by atoms with E-state index < -0.39 is 0 Å². The van der Waals surface area contributed by atoms with E-state index >= 15 is 0 Å². The average molecular weight is 212 g/mol. The third-order valence-corrected chi connectivity index (χ3v) is 3.99. The van der Waals surface area contributed by atoms with Gasteiger partial charge in [-0.2, -0.15) is 0 Å². The first kappa shape index (κ1) is 11.4. The molecule has 2 heterocycles. The van der Waals surface area contributed by atoms with Crippen LogP contribution in [0.25, 0.3) is 0 Å². The number of nitrogens with one attached hydrogen (secondary N) is 1. The van der Waals surface area contributed by atoms with Crippen molar-refractivity contribution < 1.29 is 4.74 Å². The maximum Gasteiger partial charge on any atom is 0.0620 e. The SMILES string of the molecule is CC1CN(C)C(C)CC1NC1CCOC1. The van der Waals surface area contributed by atoms with Crippen molar-refractivity contribution in [3.8, 4) is 0 Å². The number of likely N-dealkylation sites (tertiary alicyclic amines) is 1. The molecule has 0 radical (unpaired) electrons. The van der Waals surface area contributed by atoms with Gasteiger partial charge in [0.1, 0.15) is 0 Å². The zero-order valence-corrected chi connectivity index (χ0v) is 10.2. The minimum absolute atomic E-state index is 0.605. The van der Waals surface area contributed by atoms with Gasteiger partial charge in [-0.15, -0.1) is 0 Å². The normalized spacial score (nSPS) is 43.4. The Morgan fingerprint density at radius 2 is 2.13 bits per heavy atom. The summed E-state index contributed by atoms with van der Waals surface area (Å²) in [7, 11) is 2.23. The summed E-state index contributed by atoms with van der Waals surface area (Å²) < 4.78 is 5.41. The van der Waals surface area contributed by atoms with Crippen LogP contribution in [0.1, 0.15) is 26.7 Å². The largest absolute Gasteiger partial charge is 0.380 e. The van der Waals surface area contributed by atoms with E-state index in [0.29, 0.717) is 18.1 Å². The van der Waals surface area contributed by atoms with Crippen LogP contribution in [-0.2, 0) is 4.74 Å². The zero-order valence-electron chi connectivity index (χ0n) is 10.2. The van der Waals surface area contributed by atoms with Crippen LogP contribution < -0.4 is 5.32 Å². The van der Waals surface area contributed by atoms with E-state index in [1.807, 2.05) is 0 Å². The Balaban J connectivity index is 1.85. The summed E-state index contributed by atoms with van der Waals surface area (Å²) in [5, 5.41) is 3.77. The van der Waals surface area contributed by atoms with Gasteiger partial charge in [0.25, 0.3) is 0 Å². The van der Waals surface area contributed by atoms with Crippen molar-refractivity contribution >= 4 is 0 Å². The summed E-state index contributed by atoms with van der Waals surface area (Å²) in [6, 6.07) is 2.00. The van der Waals surface area contributed by atoms with Crippen LogP contribution in [0.2, 0.25) is 0 Å². The van der Waals surface area contributed by atoms with Crippen LogP contribution in [0.4, 0.5) is 0 Å². The Morgan fingerprint density at radius 3 is 2.80 bits per heavy atom. The van der Waals surface area contributed by atoms with Crippen LogP contribution in [0.3, 0.4) is 0 Å². The number of piperidine rings is 1. The number of hydrogen-bond acceptors (Lipinski definition) is 3. The van der Waals surface area contributed by atoms with E-state index in [-0.39, 0.29) is 0 Å². The third kappa shape index (κ3) is 2.71. The van der Waals surface area contributed by atoms with Crippen molar-refractivity contribution in [2.45, 2.75) is 44.8 Å². The highest BCUT2D eigenvalue weighted by Crippen LogP contribution is 2.22. The molecule has 2 aliphatic rings.